The Balaban J connectivity index is 0.000000186. The topological polar surface area (TPSA) is 27.2 Å². The van der Waals surface area contributed by atoms with E-state index in [1.54, 1.807) is 72.5 Å². The molecule has 7 nitrogen and oxygen atoms in total. The molecule has 108 heavy (non-hydrogen) atoms. The highest BCUT2D eigenvalue weighted by molar-refractivity contribution is 5.67. The quantitative estimate of drug-likeness (QED) is 0.142. The smallest absolute Gasteiger partial charge is 0.201 e. The number of pyridine rings is 7. The van der Waals surface area contributed by atoms with Crippen molar-refractivity contribution in [2.45, 2.75) is 117 Å². The van der Waals surface area contributed by atoms with Gasteiger partial charge in [0.2, 0.25) is 39.9 Å². The summed E-state index contributed by atoms with van der Waals surface area (Å²) in [5.74, 6) is 0. The molecule has 14 rings (SSSR count). The van der Waals surface area contributed by atoms with Gasteiger partial charge in [-0.25, -0.2) is 18.3 Å². The van der Waals surface area contributed by atoms with Crippen molar-refractivity contribution in [3.05, 3.63) is 375 Å². The lowest BCUT2D eigenvalue weighted by molar-refractivity contribution is -0.667. The zero-order chi connectivity index (χ0) is 96.0. The molecule has 0 saturated carbocycles. The summed E-state index contributed by atoms with van der Waals surface area (Å²) in [6.07, 6.45) is 6.74. The van der Waals surface area contributed by atoms with E-state index in [2.05, 4.69) is 87.0 Å². The second kappa shape index (κ2) is 38.7. The van der Waals surface area contributed by atoms with E-state index >= 15 is 0 Å². The third-order valence-corrected chi connectivity index (χ3v) is 19.4. The van der Waals surface area contributed by atoms with E-state index in [0.717, 1.165) is 95.5 Å². The fraction of sp³-hybridized carbons (Fsp3) is 0.238. The number of aromatic nitrogens is 7. The lowest BCUT2D eigenvalue weighted by Gasteiger charge is -2.07. The van der Waals surface area contributed by atoms with Crippen LogP contribution in [-0.2, 0) is 49.3 Å². The Morgan fingerprint density at radius 1 is 0.213 bits per heavy atom. The van der Waals surface area contributed by atoms with Gasteiger partial charge in [0.1, 0.15) is 49.3 Å². The molecule has 14 aromatic rings. The molecule has 0 saturated heterocycles. The average molecular weight is 1450 g/mol. The lowest BCUT2D eigenvalue weighted by atomic mass is 10.0. The monoisotopic (exact) mass is 1450 g/mol. The van der Waals surface area contributed by atoms with E-state index in [4.69, 9.17) is 28.8 Å². The van der Waals surface area contributed by atoms with Crippen molar-refractivity contribution in [2.24, 2.45) is 49.3 Å². The van der Waals surface area contributed by atoms with E-state index in [1.807, 2.05) is 258 Å². The number of hydrogen-bond acceptors (Lipinski definition) is 0. The van der Waals surface area contributed by atoms with Crippen molar-refractivity contribution in [1.29, 1.82) is 0 Å². The van der Waals surface area contributed by atoms with Crippen LogP contribution < -0.4 is 32.0 Å². The summed E-state index contributed by atoms with van der Waals surface area (Å²) in [4.78, 5) is 0. The Morgan fingerprint density at radius 3 is 1.08 bits per heavy atom. The Bertz CT molecular complexity index is 6250. The van der Waals surface area contributed by atoms with Crippen LogP contribution in [0.1, 0.15) is 124 Å². The molecule has 7 aromatic heterocycles. The van der Waals surface area contributed by atoms with Gasteiger partial charge >= 0.3 is 0 Å². The summed E-state index contributed by atoms with van der Waals surface area (Å²) in [7, 11) is 13.4. The minimum Gasteiger partial charge on any atom is -0.201 e. The predicted octanol–water partition coefficient (Wildman–Crippen LogP) is 20.5. The third kappa shape index (κ3) is 21.4. The Hall–Kier alpha value is -11.4. The van der Waals surface area contributed by atoms with Crippen LogP contribution in [0.25, 0.3) is 78.8 Å². The number of hydrogen-bond donors (Lipinski definition) is 0. The Kier molecular flexibility index (Phi) is 20.4. The summed E-state index contributed by atoms with van der Waals surface area (Å²) >= 11 is 0. The van der Waals surface area contributed by atoms with Crippen LogP contribution in [-0.4, -0.2) is 0 Å². The number of benzene rings is 7. The Morgan fingerprint density at radius 2 is 0.611 bits per heavy atom. The van der Waals surface area contributed by atoms with E-state index in [0.29, 0.717) is 33.5 Å². The van der Waals surface area contributed by atoms with Crippen molar-refractivity contribution in [3.63, 3.8) is 0 Å². The molecule has 0 aliphatic rings. The zero-order valence-electron chi connectivity index (χ0n) is 86.7. The zero-order valence-corrected chi connectivity index (χ0v) is 65.7. The van der Waals surface area contributed by atoms with Gasteiger partial charge in [-0.15, -0.1) is 0 Å². The largest absolute Gasteiger partial charge is 0.215 e. The van der Waals surface area contributed by atoms with Gasteiger partial charge in [-0.1, -0.05) is 127 Å². The predicted molar refractivity (Wildman–Crippen MR) is 452 cm³/mol. The standard InChI is InChI=1S/3C15H18N.4C14H16N/c1-11-9-13(3)16(4)15(10-11)14-8-6-5-7-12(14)2;1-11-7-5-6-8-14(11)15-9-12(2)13(3)10-16(15)4;1-11-9-10-15(16(4)13(11)3)14-8-6-5-7-12(14)2;1-11-7-4-5-9-13(11)14-12(2)8-6-10-15(14)3;1-11-7-4-5-9-13(11)14-10-6-8-12(2)15(14)3;1-11-8-9-15(3)14(10-11)13-7-5-4-6-12(13)2;1-11-8-9-14(15(3)10-11)13-7-5-4-6-12(13)2/h3*5-10H,1-4H3;4*4-10H,1-3H3/q7*+1/i1D3;2D3,3D3;1D3;2D3;;2*1D3. The van der Waals surface area contributed by atoms with Gasteiger partial charge in [0.15, 0.2) is 41.9 Å². The summed E-state index contributed by atoms with van der Waals surface area (Å²) in [5.41, 5.74) is 26.8. The van der Waals surface area contributed by atoms with Gasteiger partial charge in [-0.05, 0) is 219 Å². The molecule has 0 aliphatic carbocycles. The normalized spacial score (nSPS) is 14.1. The fourth-order valence-corrected chi connectivity index (χ4v) is 12.6. The van der Waals surface area contributed by atoms with Gasteiger partial charge in [0, 0.05) is 171 Å². The van der Waals surface area contributed by atoms with Crippen molar-refractivity contribution in [2.75, 3.05) is 0 Å². The Labute approximate surface area is 677 Å². The van der Waals surface area contributed by atoms with Crippen LogP contribution in [0.3, 0.4) is 0 Å². The van der Waals surface area contributed by atoms with E-state index in [-0.39, 0.29) is 11.1 Å². The summed E-state index contributed by atoms with van der Waals surface area (Å²) in [5, 5.41) is 0. The minimum absolute atomic E-state index is 0.121. The van der Waals surface area contributed by atoms with Gasteiger partial charge in [0.05, 0.1) is 0 Å². The van der Waals surface area contributed by atoms with Crippen LogP contribution in [0.15, 0.2) is 280 Å². The molecule has 0 radical (unpaired) electrons. The van der Waals surface area contributed by atoms with Crippen molar-refractivity contribution < 1.29 is 60.8 Å². The maximum atomic E-state index is 7.65. The fourth-order valence-electron chi connectivity index (χ4n) is 12.6. The van der Waals surface area contributed by atoms with Crippen molar-refractivity contribution in [3.8, 4) is 78.8 Å². The highest BCUT2D eigenvalue weighted by atomic mass is 15.0. The van der Waals surface area contributed by atoms with E-state index < -0.39 is 48.0 Å². The van der Waals surface area contributed by atoms with Gasteiger partial charge in [-0.2, -0.15) is 13.7 Å². The van der Waals surface area contributed by atoms with Crippen LogP contribution >= 0.6 is 0 Å². The van der Waals surface area contributed by atoms with Gasteiger partial charge in [-0.3, -0.25) is 0 Å². The first-order chi connectivity index (χ1) is 60.0. The van der Waals surface area contributed by atoms with Gasteiger partial charge < -0.3 is 0 Å². The molecule has 7 aromatic carbocycles. The molecule has 0 atom stereocenters. The molecular formula is C101H118N7+7. The highest BCUT2D eigenvalue weighted by Gasteiger charge is 2.20. The summed E-state index contributed by atoms with van der Waals surface area (Å²) in [6, 6.07) is 81.4. The molecule has 0 fully saturated rings. The van der Waals surface area contributed by atoms with E-state index in [1.165, 1.54) is 45.9 Å². The van der Waals surface area contributed by atoms with Crippen molar-refractivity contribution in [1.82, 2.24) is 0 Å². The molecular weight excluding hydrogens is 1310 g/mol. The second-order valence-electron chi connectivity index (χ2n) is 27.2. The first-order valence-electron chi connectivity index (χ1n) is 46.5. The third-order valence-electron chi connectivity index (χ3n) is 19.4. The number of nitrogens with zero attached hydrogens (tertiary/aromatic N) is 7. The maximum Gasteiger partial charge on any atom is 0.215 e. The van der Waals surface area contributed by atoms with Crippen LogP contribution in [0, 0.1) is 117 Å². The average Bonchev–Trinajstić information content (AvgIpc) is 0.781. The van der Waals surface area contributed by atoms with Crippen LogP contribution in [0.4, 0.5) is 0 Å². The summed E-state index contributed by atoms with van der Waals surface area (Å²) < 4.78 is 172. The van der Waals surface area contributed by atoms with E-state index in [9.17, 15) is 0 Å². The van der Waals surface area contributed by atoms with Crippen molar-refractivity contribution >= 4 is 0 Å². The van der Waals surface area contributed by atoms with Crippen LogP contribution in [0.5, 0.6) is 0 Å². The molecule has 0 N–H and O–H groups in total. The molecule has 7 heterocycles. The molecule has 0 spiro atoms. The van der Waals surface area contributed by atoms with Gasteiger partial charge in [0.25, 0.3) is 0 Å². The number of aryl methyl sites for hydroxylation is 20. The first kappa shape index (κ1) is 56.9. The molecule has 0 unspecified atom stereocenters. The summed E-state index contributed by atoms with van der Waals surface area (Å²) in [6.45, 7) is 4.85. The maximum absolute atomic E-state index is 7.65. The molecule has 0 amide bonds. The molecule has 7 heteroatoms. The SMILES string of the molecule is Cc1ccccc1-c1cccc(C)[n+]1C.[2H]C([2H])([2H])c1cc(-c2ccccc2C)[n+](C)cc1C([2H])([2H])[2H].[2H]C([2H])([2H])c1cc(C)[n+](C)c(-c2ccccc2C)c1.[2H]C([2H])([2H])c1cc[n+](C)c(-c2ccccc2C)c1.[2H]C([2H])([2H])c1ccc(-c2ccccc2C)[n+](C)c1.[2H]C([2H])([2H])c1ccc(-c2ccccc2C)[n+](C)c1C.[2H]C([2H])([2H])c1ccc[n+](C)c1-c1ccccc1C. The van der Waals surface area contributed by atoms with Crippen LogP contribution in [0.2, 0.25) is 0 Å². The highest BCUT2D eigenvalue weighted by Crippen LogP contribution is 2.27. The minimum atomic E-state index is -2.48. The lowest BCUT2D eigenvalue weighted by Crippen LogP contribution is -2.35. The first-order valence-corrected chi connectivity index (χ1v) is 36.0. The molecule has 0 bridgehead atoms. The number of rotatable bonds is 7. The molecule has 550 valence electrons. The second-order valence-corrected chi connectivity index (χ2v) is 27.2. The molecule has 0 aliphatic heterocycles.